The van der Waals surface area contributed by atoms with Crippen molar-refractivity contribution in [2.75, 3.05) is 12.4 Å². The molecule has 25 heavy (non-hydrogen) atoms. The van der Waals surface area contributed by atoms with E-state index < -0.39 is 17.9 Å². The highest BCUT2D eigenvalue weighted by Gasteiger charge is 2.26. The molecule has 7 nitrogen and oxygen atoms in total. The predicted molar refractivity (Wildman–Crippen MR) is 94.6 cm³/mol. The summed E-state index contributed by atoms with van der Waals surface area (Å²) in [5, 5.41) is 5.61. The number of anilines is 1. The topological polar surface area (TPSA) is 97.4 Å². The van der Waals surface area contributed by atoms with Crippen LogP contribution in [0.15, 0.2) is 30.3 Å². The molecule has 2 aromatic rings. The van der Waals surface area contributed by atoms with E-state index in [1.54, 1.807) is 6.92 Å². The number of aromatic nitrogens is 1. The van der Waals surface area contributed by atoms with Gasteiger partial charge in [0.05, 0.1) is 18.4 Å². The van der Waals surface area contributed by atoms with Crippen LogP contribution < -0.4 is 10.6 Å². The summed E-state index contributed by atoms with van der Waals surface area (Å²) in [7, 11) is 1.27. The molecular weight excluding hydrogens is 342 g/mol. The summed E-state index contributed by atoms with van der Waals surface area (Å²) in [5.41, 5.74) is 1.62. The number of esters is 1. The van der Waals surface area contributed by atoms with Gasteiger partial charge in [-0.25, -0.2) is 4.79 Å². The van der Waals surface area contributed by atoms with Gasteiger partial charge in [0.1, 0.15) is 11.0 Å². The van der Waals surface area contributed by atoms with Crippen LogP contribution in [-0.2, 0) is 20.7 Å². The summed E-state index contributed by atoms with van der Waals surface area (Å²) >= 11 is 1.02. The molecule has 0 bridgehead atoms. The van der Waals surface area contributed by atoms with Gasteiger partial charge in [-0.05, 0) is 24.0 Å². The zero-order valence-corrected chi connectivity index (χ0v) is 15.0. The standard InChI is InChI=1S/C17H19N3O4S/c1-10-14(16(25-20-10)18-11(2)21)15(22)19-13(17(23)24-3)9-12-7-5-4-6-8-12/h4-8,13H,9H2,1-3H3,(H,18,21)(H,19,22). The highest BCUT2D eigenvalue weighted by molar-refractivity contribution is 7.11. The smallest absolute Gasteiger partial charge is 0.328 e. The Balaban J connectivity index is 2.21. The van der Waals surface area contributed by atoms with E-state index in [9.17, 15) is 14.4 Å². The van der Waals surface area contributed by atoms with E-state index in [1.165, 1.54) is 14.0 Å². The number of nitrogens with one attached hydrogen (secondary N) is 2. The average Bonchev–Trinajstić information content (AvgIpc) is 2.94. The van der Waals surface area contributed by atoms with Crippen LogP contribution in [0.3, 0.4) is 0 Å². The van der Waals surface area contributed by atoms with Crippen LogP contribution in [0.1, 0.15) is 28.5 Å². The molecular formula is C17H19N3O4S. The highest BCUT2D eigenvalue weighted by Crippen LogP contribution is 2.24. The molecule has 2 rings (SSSR count). The second-order valence-corrected chi connectivity index (χ2v) is 6.17. The molecule has 0 aliphatic heterocycles. The van der Waals surface area contributed by atoms with E-state index in [1.807, 2.05) is 30.3 Å². The van der Waals surface area contributed by atoms with Gasteiger partial charge in [-0.15, -0.1) is 0 Å². The first-order chi connectivity index (χ1) is 11.9. The van der Waals surface area contributed by atoms with Crippen molar-refractivity contribution in [2.24, 2.45) is 0 Å². The number of carbonyl (C=O) groups is 3. The maximum absolute atomic E-state index is 12.6. The molecule has 0 aliphatic rings. The molecule has 1 unspecified atom stereocenters. The lowest BCUT2D eigenvalue weighted by Crippen LogP contribution is -2.43. The van der Waals surface area contributed by atoms with Crippen LogP contribution in [0.4, 0.5) is 5.00 Å². The fourth-order valence-electron chi connectivity index (χ4n) is 2.30. The Morgan fingerprint density at radius 3 is 2.52 bits per heavy atom. The molecule has 0 aliphatic carbocycles. The van der Waals surface area contributed by atoms with Gasteiger partial charge < -0.3 is 15.4 Å². The second kappa shape index (κ2) is 8.39. The molecule has 8 heteroatoms. The van der Waals surface area contributed by atoms with Crippen molar-refractivity contribution in [1.82, 2.24) is 9.69 Å². The third kappa shape index (κ3) is 4.87. The minimum Gasteiger partial charge on any atom is -0.467 e. The molecule has 2 amide bonds. The number of methoxy groups -OCH3 is 1. The Morgan fingerprint density at radius 2 is 1.92 bits per heavy atom. The summed E-state index contributed by atoms with van der Waals surface area (Å²) in [4.78, 5) is 36.0. The van der Waals surface area contributed by atoms with Gasteiger partial charge in [0, 0.05) is 13.3 Å². The van der Waals surface area contributed by atoms with Gasteiger partial charge >= 0.3 is 5.97 Å². The number of benzene rings is 1. The lowest BCUT2D eigenvalue weighted by molar-refractivity contribution is -0.142. The quantitative estimate of drug-likeness (QED) is 0.766. The molecule has 0 radical (unpaired) electrons. The van der Waals surface area contributed by atoms with E-state index in [-0.39, 0.29) is 11.5 Å². The molecule has 1 aromatic carbocycles. The zero-order valence-electron chi connectivity index (χ0n) is 14.2. The minimum atomic E-state index is -0.843. The highest BCUT2D eigenvalue weighted by atomic mass is 32.1. The maximum atomic E-state index is 12.6. The van der Waals surface area contributed by atoms with Gasteiger partial charge in [0.25, 0.3) is 5.91 Å². The largest absolute Gasteiger partial charge is 0.467 e. The molecule has 1 heterocycles. The van der Waals surface area contributed by atoms with Crippen LogP contribution in [0.5, 0.6) is 0 Å². The predicted octanol–water partition coefficient (Wildman–Crippen LogP) is 1.92. The molecule has 0 spiro atoms. The number of aryl methyl sites for hydroxylation is 1. The summed E-state index contributed by atoms with van der Waals surface area (Å²) in [6.07, 6.45) is 0.297. The lowest BCUT2D eigenvalue weighted by Gasteiger charge is -2.17. The van der Waals surface area contributed by atoms with Gasteiger partial charge in [-0.2, -0.15) is 4.37 Å². The monoisotopic (exact) mass is 361 g/mol. The van der Waals surface area contributed by atoms with Crippen LogP contribution in [-0.4, -0.2) is 35.3 Å². The van der Waals surface area contributed by atoms with Crippen LogP contribution in [0.2, 0.25) is 0 Å². The van der Waals surface area contributed by atoms with Crippen molar-refractivity contribution < 1.29 is 19.1 Å². The number of rotatable bonds is 6. The van der Waals surface area contributed by atoms with E-state index >= 15 is 0 Å². The van der Waals surface area contributed by atoms with Crippen molar-refractivity contribution in [3.63, 3.8) is 0 Å². The van der Waals surface area contributed by atoms with E-state index in [0.29, 0.717) is 17.1 Å². The second-order valence-electron chi connectivity index (χ2n) is 5.39. The van der Waals surface area contributed by atoms with Gasteiger partial charge in [-0.1, -0.05) is 30.3 Å². The molecule has 1 atom stereocenters. The van der Waals surface area contributed by atoms with E-state index in [0.717, 1.165) is 17.1 Å². The first-order valence-electron chi connectivity index (χ1n) is 7.58. The summed E-state index contributed by atoms with van der Waals surface area (Å²) in [6.45, 7) is 3.02. The maximum Gasteiger partial charge on any atom is 0.328 e. The van der Waals surface area contributed by atoms with E-state index in [4.69, 9.17) is 4.74 Å². The van der Waals surface area contributed by atoms with Crippen molar-refractivity contribution in [3.05, 3.63) is 47.2 Å². The summed E-state index contributed by atoms with van der Waals surface area (Å²) in [5.74, 6) is -1.33. The fourth-order valence-corrected chi connectivity index (χ4v) is 3.14. The zero-order chi connectivity index (χ0) is 18.4. The molecule has 2 N–H and O–H groups in total. The Hall–Kier alpha value is -2.74. The number of ether oxygens (including phenoxy) is 1. The SMILES string of the molecule is COC(=O)C(Cc1ccccc1)NC(=O)c1c(C)nsc1NC(C)=O. The normalized spacial score (nSPS) is 11.5. The number of hydrogen-bond donors (Lipinski definition) is 2. The summed E-state index contributed by atoms with van der Waals surface area (Å²) in [6, 6.07) is 8.46. The Bertz CT molecular complexity index is 773. The van der Waals surface area contributed by atoms with Gasteiger partial charge in [0.15, 0.2) is 0 Å². The van der Waals surface area contributed by atoms with E-state index in [2.05, 4.69) is 15.0 Å². The summed E-state index contributed by atoms with van der Waals surface area (Å²) < 4.78 is 8.89. The van der Waals surface area contributed by atoms with Crippen LogP contribution in [0, 0.1) is 6.92 Å². The Labute approximate surface area is 149 Å². The molecule has 0 fully saturated rings. The van der Waals surface area contributed by atoms with Crippen LogP contribution >= 0.6 is 11.5 Å². The number of nitrogens with zero attached hydrogens (tertiary/aromatic N) is 1. The van der Waals surface area contributed by atoms with Crippen molar-refractivity contribution in [2.45, 2.75) is 26.3 Å². The Kier molecular flexibility index (Phi) is 6.24. The van der Waals surface area contributed by atoms with Crippen LogP contribution in [0.25, 0.3) is 0 Å². The minimum absolute atomic E-state index is 0.252. The number of hydrogen-bond acceptors (Lipinski definition) is 6. The molecule has 0 saturated heterocycles. The first-order valence-corrected chi connectivity index (χ1v) is 8.36. The number of carbonyl (C=O) groups excluding carboxylic acids is 3. The van der Waals surface area contributed by atoms with Crippen molar-refractivity contribution >= 4 is 34.3 Å². The Morgan fingerprint density at radius 1 is 1.24 bits per heavy atom. The van der Waals surface area contributed by atoms with Crippen molar-refractivity contribution in [3.8, 4) is 0 Å². The lowest BCUT2D eigenvalue weighted by atomic mass is 10.1. The van der Waals surface area contributed by atoms with Gasteiger partial charge in [-0.3, -0.25) is 9.59 Å². The third-order valence-electron chi connectivity index (χ3n) is 3.45. The molecule has 132 valence electrons. The van der Waals surface area contributed by atoms with Crippen molar-refractivity contribution in [1.29, 1.82) is 0 Å². The van der Waals surface area contributed by atoms with Gasteiger partial charge in [0.2, 0.25) is 5.91 Å². The molecule has 0 saturated carbocycles. The third-order valence-corrected chi connectivity index (χ3v) is 4.31. The number of amides is 2. The molecule has 1 aromatic heterocycles. The first kappa shape index (κ1) is 18.6. The average molecular weight is 361 g/mol. The fraction of sp³-hybridized carbons (Fsp3) is 0.294.